The molecule has 0 aliphatic carbocycles. The van der Waals surface area contributed by atoms with Gasteiger partial charge < -0.3 is 10.4 Å². The second kappa shape index (κ2) is 35.4. The molecule has 0 heterocycles. The summed E-state index contributed by atoms with van der Waals surface area (Å²) in [6.45, 7) is 4.50. The Hall–Kier alpha value is -1.44. The Morgan fingerprint density at radius 3 is 1.38 bits per heavy atom. The third kappa shape index (κ3) is 35.9. The molecule has 0 rings (SSSR count). The first-order valence-corrected chi connectivity index (χ1v) is 21.8. The van der Waals surface area contributed by atoms with Crippen LogP contribution in [0.4, 0.5) is 0 Å². The Balaban J connectivity index is 3.89. The minimum atomic E-state index is -4.31. The molecule has 48 heavy (non-hydrogen) atoms. The van der Waals surface area contributed by atoms with E-state index in [1.807, 2.05) is 0 Å². The highest BCUT2D eigenvalue weighted by Gasteiger charge is 2.26. The number of aliphatic hydroxyl groups is 1. The van der Waals surface area contributed by atoms with Gasteiger partial charge in [0, 0.05) is 6.42 Å². The van der Waals surface area contributed by atoms with E-state index in [2.05, 4.69) is 55.6 Å². The number of rotatable bonds is 36. The normalized spacial score (nSPS) is 13.7. The van der Waals surface area contributed by atoms with Gasteiger partial charge in [-0.05, 0) is 51.4 Å². The average molecular weight is 696 g/mol. The molecule has 0 aromatic heterocycles. The zero-order valence-electron chi connectivity index (χ0n) is 31.4. The lowest BCUT2D eigenvalue weighted by molar-refractivity contribution is -0.122. The van der Waals surface area contributed by atoms with Crippen molar-refractivity contribution in [3.63, 3.8) is 0 Å². The number of carbonyl (C=O) groups is 1. The topological polar surface area (TPSA) is 104 Å². The van der Waals surface area contributed by atoms with Crippen LogP contribution in [-0.2, 0) is 14.9 Å². The number of nitrogens with one attached hydrogen (secondary N) is 1. The smallest absolute Gasteiger partial charge is 0.266 e. The molecule has 0 aromatic rings. The van der Waals surface area contributed by atoms with Crippen molar-refractivity contribution < 1.29 is 22.9 Å². The van der Waals surface area contributed by atoms with Crippen LogP contribution in [0.5, 0.6) is 0 Å². The molecule has 282 valence electrons. The van der Waals surface area contributed by atoms with Crippen molar-refractivity contribution in [1.29, 1.82) is 0 Å². The predicted molar refractivity (Wildman–Crippen MR) is 207 cm³/mol. The van der Waals surface area contributed by atoms with Crippen LogP contribution in [-0.4, -0.2) is 41.9 Å². The summed E-state index contributed by atoms with van der Waals surface area (Å²) in [6.07, 6.45) is 45.2. The van der Waals surface area contributed by atoms with Gasteiger partial charge in [0.1, 0.15) is 0 Å². The second-order valence-corrected chi connectivity index (χ2v) is 15.4. The Kier molecular flexibility index (Phi) is 34.3. The first-order valence-electron chi connectivity index (χ1n) is 20.2. The van der Waals surface area contributed by atoms with Crippen molar-refractivity contribution >= 4 is 16.0 Å². The lowest BCUT2D eigenvalue weighted by atomic mass is 10.0. The van der Waals surface area contributed by atoms with Gasteiger partial charge >= 0.3 is 0 Å². The van der Waals surface area contributed by atoms with Crippen molar-refractivity contribution in [2.45, 2.75) is 212 Å². The summed E-state index contributed by atoms with van der Waals surface area (Å²) in [6, 6.07) is -0.976. The molecule has 2 atom stereocenters. The van der Waals surface area contributed by atoms with Crippen molar-refractivity contribution in [3.05, 3.63) is 36.5 Å². The quantitative estimate of drug-likeness (QED) is 0.0344. The van der Waals surface area contributed by atoms with E-state index in [1.165, 1.54) is 109 Å². The van der Waals surface area contributed by atoms with E-state index in [4.69, 9.17) is 0 Å². The first-order chi connectivity index (χ1) is 23.3. The molecule has 0 saturated heterocycles. The lowest BCUT2D eigenvalue weighted by Gasteiger charge is -2.23. The molecule has 0 aromatic carbocycles. The van der Waals surface area contributed by atoms with Gasteiger partial charge in [0.05, 0.1) is 17.9 Å². The summed E-state index contributed by atoms with van der Waals surface area (Å²) < 4.78 is 32.5. The Bertz CT molecular complexity index is 899. The Morgan fingerprint density at radius 2 is 0.938 bits per heavy atom. The number of allylic oxidation sites excluding steroid dienone is 6. The van der Waals surface area contributed by atoms with Gasteiger partial charge in [0.25, 0.3) is 10.1 Å². The van der Waals surface area contributed by atoms with E-state index in [0.29, 0.717) is 12.8 Å². The molecule has 7 heteroatoms. The molecule has 0 saturated carbocycles. The predicted octanol–water partition coefficient (Wildman–Crippen LogP) is 11.7. The van der Waals surface area contributed by atoms with Gasteiger partial charge in [-0.15, -0.1) is 0 Å². The number of aliphatic hydroxyl groups excluding tert-OH is 1. The maximum Gasteiger partial charge on any atom is 0.266 e. The highest BCUT2D eigenvalue weighted by atomic mass is 32.2. The first kappa shape index (κ1) is 46.6. The fourth-order valence-electron chi connectivity index (χ4n) is 6.05. The average Bonchev–Trinajstić information content (AvgIpc) is 3.05. The summed E-state index contributed by atoms with van der Waals surface area (Å²) in [7, 11) is -4.31. The van der Waals surface area contributed by atoms with Gasteiger partial charge in [-0.25, -0.2) is 0 Å². The van der Waals surface area contributed by atoms with Crippen LogP contribution in [0.2, 0.25) is 0 Å². The van der Waals surface area contributed by atoms with Crippen LogP contribution in [0.25, 0.3) is 0 Å². The number of carbonyl (C=O) groups excluding carboxylic acids is 1. The molecule has 2 unspecified atom stereocenters. The molecule has 1 amide bonds. The largest absolute Gasteiger partial charge is 0.391 e. The second-order valence-electron chi connectivity index (χ2n) is 13.9. The van der Waals surface area contributed by atoms with Crippen molar-refractivity contribution in [2.75, 3.05) is 5.75 Å². The fourth-order valence-corrected chi connectivity index (χ4v) is 6.81. The Labute approximate surface area is 297 Å². The summed E-state index contributed by atoms with van der Waals surface area (Å²) in [5, 5.41) is 13.3. The molecule has 0 aliphatic rings. The van der Waals surface area contributed by atoms with Crippen LogP contribution in [0.15, 0.2) is 36.5 Å². The Morgan fingerprint density at radius 1 is 0.562 bits per heavy atom. The minimum absolute atomic E-state index is 0.259. The molecule has 6 nitrogen and oxygen atoms in total. The molecule has 0 aliphatic heterocycles. The van der Waals surface area contributed by atoms with Gasteiger partial charge in [-0.2, -0.15) is 8.42 Å². The monoisotopic (exact) mass is 696 g/mol. The number of hydrogen-bond donors (Lipinski definition) is 3. The van der Waals surface area contributed by atoms with Crippen LogP contribution >= 0.6 is 0 Å². The van der Waals surface area contributed by atoms with Crippen LogP contribution in [0, 0.1) is 0 Å². The molecular formula is C41H77NO5S. The third-order valence-electron chi connectivity index (χ3n) is 9.10. The van der Waals surface area contributed by atoms with Crippen molar-refractivity contribution in [3.8, 4) is 0 Å². The third-order valence-corrected chi connectivity index (χ3v) is 9.88. The number of unbranched alkanes of at least 4 members (excludes halogenated alkanes) is 22. The molecule has 3 N–H and O–H groups in total. The van der Waals surface area contributed by atoms with Crippen molar-refractivity contribution in [1.82, 2.24) is 5.32 Å². The SMILES string of the molecule is CCCCCCC/C=C\C/C=C\C/C=C\CCCCCCCCC(=O)NC(CS(=O)(=O)O)C(O)CCCCCCCCCCCCCC. The van der Waals surface area contributed by atoms with E-state index >= 15 is 0 Å². The number of amides is 1. The van der Waals surface area contributed by atoms with Gasteiger partial charge in [-0.1, -0.05) is 179 Å². The van der Waals surface area contributed by atoms with Crippen molar-refractivity contribution in [2.24, 2.45) is 0 Å². The van der Waals surface area contributed by atoms with Gasteiger partial charge in [0.15, 0.2) is 0 Å². The lowest BCUT2D eigenvalue weighted by Crippen LogP contribution is -2.47. The number of hydrogen-bond acceptors (Lipinski definition) is 4. The minimum Gasteiger partial charge on any atom is -0.391 e. The van der Waals surface area contributed by atoms with E-state index in [-0.39, 0.29) is 5.91 Å². The summed E-state index contributed by atoms with van der Waals surface area (Å²) >= 11 is 0. The van der Waals surface area contributed by atoms with Crippen LogP contribution < -0.4 is 5.32 Å². The molecule has 0 radical (unpaired) electrons. The highest BCUT2D eigenvalue weighted by Crippen LogP contribution is 2.15. The van der Waals surface area contributed by atoms with Gasteiger partial charge in [-0.3, -0.25) is 9.35 Å². The molecule has 0 bridgehead atoms. The van der Waals surface area contributed by atoms with E-state index in [0.717, 1.165) is 64.2 Å². The maximum absolute atomic E-state index is 12.5. The summed E-state index contributed by atoms with van der Waals surface area (Å²) in [5.74, 6) is -0.912. The highest BCUT2D eigenvalue weighted by molar-refractivity contribution is 7.85. The summed E-state index contributed by atoms with van der Waals surface area (Å²) in [5.41, 5.74) is 0. The maximum atomic E-state index is 12.5. The van der Waals surface area contributed by atoms with E-state index < -0.39 is 28.0 Å². The van der Waals surface area contributed by atoms with E-state index in [1.54, 1.807) is 0 Å². The van der Waals surface area contributed by atoms with Gasteiger partial charge in [0.2, 0.25) is 5.91 Å². The van der Waals surface area contributed by atoms with E-state index in [9.17, 15) is 22.9 Å². The molecular weight excluding hydrogens is 619 g/mol. The zero-order valence-corrected chi connectivity index (χ0v) is 32.2. The molecule has 0 spiro atoms. The summed E-state index contributed by atoms with van der Waals surface area (Å²) in [4.78, 5) is 12.5. The fraction of sp³-hybridized carbons (Fsp3) is 0.829. The zero-order chi connectivity index (χ0) is 35.4. The van der Waals surface area contributed by atoms with Crippen LogP contribution in [0.3, 0.4) is 0 Å². The standard InChI is InChI=1S/C41H77NO5S/c1-3-5-7-9-11-13-15-17-18-19-20-21-22-23-24-25-27-29-31-33-35-37-41(44)42-39(38-48(45,46)47)40(43)36-34-32-30-28-26-16-14-12-10-8-6-4-2/h15,17,19-20,22-23,39-40,43H,3-14,16,18,21,24-38H2,1-2H3,(H,42,44)(H,45,46,47)/b17-15-,20-19-,23-22-. The van der Waals surface area contributed by atoms with Crippen LogP contribution in [0.1, 0.15) is 200 Å². The molecule has 0 fully saturated rings.